The van der Waals surface area contributed by atoms with Crippen LogP contribution in [-0.4, -0.2) is 25.4 Å². The average molecular weight is 342 g/mol. The minimum atomic E-state index is -0.162. The zero-order valence-corrected chi connectivity index (χ0v) is 15.9. The molecule has 1 aliphatic heterocycles. The molecule has 0 bridgehead atoms. The molecule has 25 heavy (non-hydrogen) atoms. The largest absolute Gasteiger partial charge is 0.493 e. The van der Waals surface area contributed by atoms with Gasteiger partial charge in [0.1, 0.15) is 24.7 Å². The summed E-state index contributed by atoms with van der Waals surface area (Å²) in [5.41, 5.74) is 2.44. The summed E-state index contributed by atoms with van der Waals surface area (Å²) in [5, 5.41) is 0. The maximum atomic E-state index is 5.83. The quantitative estimate of drug-likeness (QED) is 0.461. The fourth-order valence-corrected chi connectivity index (χ4v) is 2.93. The molecule has 0 N–H and O–H groups in total. The highest BCUT2D eigenvalue weighted by Crippen LogP contribution is 2.36. The van der Waals surface area contributed by atoms with Crippen LogP contribution in [0.15, 0.2) is 29.8 Å². The van der Waals surface area contributed by atoms with E-state index in [1.165, 1.54) is 11.1 Å². The van der Waals surface area contributed by atoms with Crippen LogP contribution in [0, 0.1) is 12.3 Å². The lowest BCUT2D eigenvalue weighted by Crippen LogP contribution is -2.24. The normalized spacial score (nSPS) is 16.9. The number of fused-ring (bicyclic) bond motifs is 1. The number of hydrogen-bond acceptors (Lipinski definition) is 3. The van der Waals surface area contributed by atoms with Crippen LogP contribution in [0.3, 0.4) is 0 Å². The Bertz CT molecular complexity index is 637. The number of terminal acetylenes is 1. The van der Waals surface area contributed by atoms with Crippen LogP contribution >= 0.6 is 0 Å². The van der Waals surface area contributed by atoms with Crippen LogP contribution < -0.4 is 9.47 Å². The molecule has 0 aliphatic carbocycles. The van der Waals surface area contributed by atoms with Crippen molar-refractivity contribution in [3.8, 4) is 23.8 Å². The van der Waals surface area contributed by atoms with Crippen molar-refractivity contribution in [1.29, 1.82) is 0 Å². The zero-order valence-electron chi connectivity index (χ0n) is 15.9. The van der Waals surface area contributed by atoms with Gasteiger partial charge in [-0.3, -0.25) is 0 Å². The number of rotatable bonds is 9. The molecule has 1 aromatic carbocycles. The summed E-state index contributed by atoms with van der Waals surface area (Å²) in [6.07, 6.45) is 10.5. The Kier molecular flexibility index (Phi) is 6.96. The maximum Gasteiger partial charge on any atom is 0.126 e. The van der Waals surface area contributed by atoms with Gasteiger partial charge in [-0.2, -0.15) is 0 Å². The summed E-state index contributed by atoms with van der Waals surface area (Å²) in [7, 11) is 0. The summed E-state index contributed by atoms with van der Waals surface area (Å²) in [6, 6.07) is 6.13. The van der Waals surface area contributed by atoms with Crippen molar-refractivity contribution in [3.63, 3.8) is 0 Å². The highest BCUT2D eigenvalue weighted by Gasteiger charge is 2.20. The molecule has 1 heterocycles. The fraction of sp³-hybridized carbons (Fsp3) is 0.545. The van der Waals surface area contributed by atoms with E-state index in [1.807, 2.05) is 12.1 Å². The van der Waals surface area contributed by atoms with Gasteiger partial charge in [-0.15, -0.1) is 6.42 Å². The van der Waals surface area contributed by atoms with E-state index in [0.717, 1.165) is 37.4 Å². The van der Waals surface area contributed by atoms with Gasteiger partial charge in [0.25, 0.3) is 0 Å². The van der Waals surface area contributed by atoms with Crippen molar-refractivity contribution in [2.45, 2.75) is 58.5 Å². The molecule has 0 saturated heterocycles. The molecule has 3 heteroatoms. The molecule has 0 spiro atoms. The Balaban J connectivity index is 1.72. The summed E-state index contributed by atoms with van der Waals surface area (Å²) in [4.78, 5) is 0. The average Bonchev–Trinajstić information content (AvgIpc) is 2.93. The van der Waals surface area contributed by atoms with E-state index in [0.29, 0.717) is 19.1 Å². The molecule has 1 atom stereocenters. The van der Waals surface area contributed by atoms with Crippen LogP contribution in [0.1, 0.15) is 58.4 Å². The third-order valence-corrected chi connectivity index (χ3v) is 4.58. The first-order valence-corrected chi connectivity index (χ1v) is 9.04. The summed E-state index contributed by atoms with van der Waals surface area (Å²) >= 11 is 0. The molecule has 136 valence electrons. The number of allylic oxidation sites excluding steroid dienone is 1. The van der Waals surface area contributed by atoms with Gasteiger partial charge < -0.3 is 14.2 Å². The summed E-state index contributed by atoms with van der Waals surface area (Å²) in [6.45, 7) is 10.2. The Morgan fingerprint density at radius 3 is 3.00 bits per heavy atom. The van der Waals surface area contributed by atoms with Crippen LogP contribution in [0.2, 0.25) is 0 Å². The smallest absolute Gasteiger partial charge is 0.126 e. The van der Waals surface area contributed by atoms with Gasteiger partial charge in [0.05, 0.1) is 12.2 Å². The van der Waals surface area contributed by atoms with Crippen molar-refractivity contribution >= 4 is 0 Å². The van der Waals surface area contributed by atoms with E-state index in [2.05, 4.69) is 45.8 Å². The highest BCUT2D eigenvalue weighted by molar-refractivity contribution is 5.45. The molecule has 0 fully saturated rings. The van der Waals surface area contributed by atoms with Gasteiger partial charge in [-0.05, 0) is 52.2 Å². The lowest BCUT2D eigenvalue weighted by atomic mass is 9.99. The van der Waals surface area contributed by atoms with Crippen LogP contribution in [0.4, 0.5) is 0 Å². The summed E-state index contributed by atoms with van der Waals surface area (Å²) < 4.78 is 17.2. The first kappa shape index (κ1) is 19.4. The molecular weight excluding hydrogens is 312 g/mol. The van der Waals surface area contributed by atoms with E-state index in [9.17, 15) is 0 Å². The van der Waals surface area contributed by atoms with Gasteiger partial charge in [0.15, 0.2) is 0 Å². The fourth-order valence-electron chi connectivity index (χ4n) is 2.93. The lowest BCUT2D eigenvalue weighted by Gasteiger charge is -2.24. The minimum absolute atomic E-state index is 0.162. The van der Waals surface area contributed by atoms with Gasteiger partial charge in [0.2, 0.25) is 0 Å². The van der Waals surface area contributed by atoms with Crippen molar-refractivity contribution in [2.75, 3.05) is 19.8 Å². The zero-order chi connectivity index (χ0) is 18.3. The van der Waals surface area contributed by atoms with E-state index >= 15 is 0 Å². The lowest BCUT2D eigenvalue weighted by molar-refractivity contribution is -0.00564. The second-order valence-electron chi connectivity index (χ2n) is 7.38. The second-order valence-corrected chi connectivity index (χ2v) is 7.38. The van der Waals surface area contributed by atoms with Crippen molar-refractivity contribution in [1.82, 2.24) is 0 Å². The minimum Gasteiger partial charge on any atom is -0.493 e. The van der Waals surface area contributed by atoms with Crippen molar-refractivity contribution < 1.29 is 14.2 Å². The molecular formula is C22H30O3. The Morgan fingerprint density at radius 2 is 2.24 bits per heavy atom. The molecule has 3 nitrogen and oxygen atoms in total. The number of hydrogen-bond donors (Lipinski definition) is 0. The predicted molar refractivity (Wildman–Crippen MR) is 102 cm³/mol. The van der Waals surface area contributed by atoms with E-state index in [4.69, 9.17) is 20.6 Å². The van der Waals surface area contributed by atoms with Crippen LogP contribution in [-0.2, 0) is 4.74 Å². The van der Waals surface area contributed by atoms with Gasteiger partial charge >= 0.3 is 0 Å². The topological polar surface area (TPSA) is 27.7 Å². The molecule has 1 aliphatic rings. The molecule has 0 aromatic heterocycles. The van der Waals surface area contributed by atoms with Crippen molar-refractivity contribution in [3.05, 3.63) is 35.4 Å². The standard InChI is InChI=1S/C22H30O3/c1-6-13-25-22(4,5)12-7-8-17(2)11-14-23-19-9-10-20-18(3)16-24-21(20)15-19/h1,9-11,15,18H,7-8,12-14,16H2,2-5H3. The van der Waals surface area contributed by atoms with Crippen LogP contribution in [0.5, 0.6) is 11.5 Å². The predicted octanol–water partition coefficient (Wildman–Crippen LogP) is 5.11. The summed E-state index contributed by atoms with van der Waals surface area (Å²) in [5.74, 6) is 4.82. The monoisotopic (exact) mass is 342 g/mol. The molecule has 0 saturated carbocycles. The van der Waals surface area contributed by atoms with Gasteiger partial charge in [0, 0.05) is 17.5 Å². The Hall–Kier alpha value is -1.92. The molecule has 2 rings (SSSR count). The second kappa shape index (κ2) is 8.97. The van der Waals surface area contributed by atoms with Crippen molar-refractivity contribution in [2.24, 2.45) is 0 Å². The van der Waals surface area contributed by atoms with Gasteiger partial charge in [-0.25, -0.2) is 0 Å². The Labute approximate surface area is 152 Å². The number of ether oxygens (including phenoxy) is 3. The number of benzene rings is 1. The third kappa shape index (κ3) is 6.14. The van der Waals surface area contributed by atoms with E-state index in [1.54, 1.807) is 0 Å². The van der Waals surface area contributed by atoms with Crippen LogP contribution in [0.25, 0.3) is 0 Å². The molecule has 0 radical (unpaired) electrons. The van der Waals surface area contributed by atoms with E-state index in [-0.39, 0.29) is 5.60 Å². The maximum absolute atomic E-state index is 5.83. The molecule has 1 aromatic rings. The molecule has 0 amide bonds. The Morgan fingerprint density at radius 1 is 1.44 bits per heavy atom. The highest BCUT2D eigenvalue weighted by atomic mass is 16.5. The molecule has 1 unspecified atom stereocenters. The first-order chi connectivity index (χ1) is 11.9. The SMILES string of the molecule is C#CCOC(C)(C)CCCC(C)=CCOc1ccc2c(c1)OCC2C. The van der Waals surface area contributed by atoms with E-state index < -0.39 is 0 Å². The third-order valence-electron chi connectivity index (χ3n) is 4.58. The van der Waals surface area contributed by atoms with Gasteiger partial charge in [-0.1, -0.05) is 24.5 Å². The first-order valence-electron chi connectivity index (χ1n) is 9.04.